The number of rotatable bonds is 7. The van der Waals surface area contributed by atoms with Crippen LogP contribution >= 0.6 is 0 Å². The molecule has 0 aliphatic carbocycles. The molecule has 0 fully saturated rings. The van der Waals surface area contributed by atoms with Gasteiger partial charge in [0.25, 0.3) is 0 Å². The molecule has 0 aliphatic heterocycles. The second-order valence-electron chi connectivity index (χ2n) is 5.07. The summed E-state index contributed by atoms with van der Waals surface area (Å²) in [7, 11) is 0. The fourth-order valence-electron chi connectivity index (χ4n) is 2.12. The Hall–Kier alpha value is -3.29. The van der Waals surface area contributed by atoms with Crippen LogP contribution in [0.2, 0.25) is 0 Å². The van der Waals surface area contributed by atoms with Crippen LogP contribution in [-0.2, 0) is 6.54 Å². The Bertz CT molecular complexity index is 840. The van der Waals surface area contributed by atoms with Crippen LogP contribution in [0.5, 0.6) is 5.75 Å². The first-order chi connectivity index (χ1) is 11.6. The molecule has 0 spiro atoms. The monoisotopic (exact) mass is 328 g/mol. The van der Waals surface area contributed by atoms with Gasteiger partial charge in [0, 0.05) is 19.2 Å². The number of aromatic nitrogens is 3. The van der Waals surface area contributed by atoms with Crippen LogP contribution < -0.4 is 10.5 Å². The Labute approximate surface area is 137 Å². The Morgan fingerprint density at radius 3 is 2.96 bits per heavy atom. The summed E-state index contributed by atoms with van der Waals surface area (Å²) in [4.78, 5) is 14.7. The van der Waals surface area contributed by atoms with Crippen molar-refractivity contribution in [3.8, 4) is 17.2 Å². The molecule has 0 unspecified atom stereocenters. The smallest absolute Gasteiger partial charge is 0.357 e. The molecule has 0 saturated heterocycles. The molecular weight excluding hydrogens is 312 g/mol. The van der Waals surface area contributed by atoms with Crippen molar-refractivity contribution in [3.05, 3.63) is 48.6 Å². The summed E-state index contributed by atoms with van der Waals surface area (Å²) in [5.74, 6) is -0.235. The van der Waals surface area contributed by atoms with E-state index in [4.69, 9.17) is 20.0 Å². The van der Waals surface area contributed by atoms with Gasteiger partial charge in [-0.1, -0.05) is 12.1 Å². The third-order valence-corrected chi connectivity index (χ3v) is 3.31. The molecule has 8 nitrogen and oxygen atoms in total. The van der Waals surface area contributed by atoms with Crippen LogP contribution in [0.4, 0.5) is 5.69 Å². The standard InChI is InChI=1S/C16H16N4O4/c17-12-4-1-2-5-14(12)23-7-3-6-20-9-11(8-18-20)15-19-13(10-24-15)16(21)22/h1-2,4-5,8-10H,3,6-7,17H2,(H,21,22). The molecule has 3 aromatic rings. The predicted octanol–water partition coefficient (Wildman–Crippen LogP) is 2.29. The fourth-order valence-corrected chi connectivity index (χ4v) is 2.12. The SMILES string of the molecule is Nc1ccccc1OCCCn1cc(-c2nc(C(=O)O)co2)cn1. The fraction of sp³-hybridized carbons (Fsp3) is 0.188. The number of carboxylic acids is 1. The summed E-state index contributed by atoms with van der Waals surface area (Å²) in [5, 5.41) is 13.0. The molecule has 8 heteroatoms. The molecule has 0 radical (unpaired) electrons. The first-order valence-corrected chi connectivity index (χ1v) is 7.32. The average molecular weight is 328 g/mol. The maximum absolute atomic E-state index is 10.8. The second-order valence-corrected chi connectivity index (χ2v) is 5.07. The molecule has 2 aromatic heterocycles. The number of hydrogen-bond donors (Lipinski definition) is 2. The molecule has 2 heterocycles. The minimum absolute atomic E-state index is 0.133. The second kappa shape index (κ2) is 6.86. The van der Waals surface area contributed by atoms with Crippen molar-refractivity contribution < 1.29 is 19.1 Å². The number of carboxylic acid groups (broad SMARTS) is 1. The third-order valence-electron chi connectivity index (χ3n) is 3.31. The van der Waals surface area contributed by atoms with E-state index < -0.39 is 5.97 Å². The zero-order valence-corrected chi connectivity index (χ0v) is 12.8. The number of para-hydroxylation sites is 2. The van der Waals surface area contributed by atoms with E-state index in [0.717, 1.165) is 12.7 Å². The molecule has 0 atom stereocenters. The summed E-state index contributed by atoms with van der Waals surface area (Å²) < 4.78 is 12.5. The van der Waals surface area contributed by atoms with Gasteiger partial charge >= 0.3 is 5.97 Å². The number of ether oxygens (including phenoxy) is 1. The van der Waals surface area contributed by atoms with Gasteiger partial charge in [0.05, 0.1) is 24.1 Å². The van der Waals surface area contributed by atoms with E-state index in [-0.39, 0.29) is 11.6 Å². The van der Waals surface area contributed by atoms with Crippen molar-refractivity contribution in [2.24, 2.45) is 0 Å². The summed E-state index contributed by atoms with van der Waals surface area (Å²) in [6, 6.07) is 7.33. The molecule has 0 saturated carbocycles. The number of benzene rings is 1. The van der Waals surface area contributed by atoms with Gasteiger partial charge in [0.15, 0.2) is 5.69 Å². The lowest BCUT2D eigenvalue weighted by Gasteiger charge is -2.08. The molecular formula is C16H16N4O4. The normalized spacial score (nSPS) is 10.7. The summed E-state index contributed by atoms with van der Waals surface area (Å²) >= 11 is 0. The lowest BCUT2D eigenvalue weighted by Crippen LogP contribution is -2.05. The van der Waals surface area contributed by atoms with Crippen LogP contribution in [0.15, 0.2) is 47.3 Å². The van der Waals surface area contributed by atoms with Crippen molar-refractivity contribution >= 4 is 11.7 Å². The third kappa shape index (κ3) is 3.54. The van der Waals surface area contributed by atoms with E-state index in [1.54, 1.807) is 23.1 Å². The molecule has 0 aliphatic rings. The van der Waals surface area contributed by atoms with Gasteiger partial charge in [0.2, 0.25) is 5.89 Å². The summed E-state index contributed by atoms with van der Waals surface area (Å²) in [5.41, 5.74) is 6.90. The van der Waals surface area contributed by atoms with Crippen molar-refractivity contribution in [2.75, 3.05) is 12.3 Å². The van der Waals surface area contributed by atoms with Crippen molar-refractivity contribution in [3.63, 3.8) is 0 Å². The quantitative estimate of drug-likeness (QED) is 0.505. The van der Waals surface area contributed by atoms with E-state index in [1.807, 2.05) is 18.2 Å². The van der Waals surface area contributed by atoms with E-state index in [1.165, 1.54) is 0 Å². The molecule has 0 bridgehead atoms. The topological polar surface area (TPSA) is 116 Å². The highest BCUT2D eigenvalue weighted by Crippen LogP contribution is 2.20. The summed E-state index contributed by atoms with van der Waals surface area (Å²) in [6.07, 6.45) is 5.16. The van der Waals surface area contributed by atoms with Crippen molar-refractivity contribution in [1.29, 1.82) is 0 Å². The van der Waals surface area contributed by atoms with Gasteiger partial charge < -0.3 is 20.0 Å². The predicted molar refractivity (Wildman–Crippen MR) is 85.6 cm³/mol. The Kier molecular flexibility index (Phi) is 4.46. The number of aryl methyl sites for hydroxylation is 1. The van der Waals surface area contributed by atoms with Gasteiger partial charge in [-0.05, 0) is 12.1 Å². The zero-order valence-electron chi connectivity index (χ0n) is 12.8. The molecule has 3 rings (SSSR count). The van der Waals surface area contributed by atoms with Crippen molar-refractivity contribution in [1.82, 2.24) is 14.8 Å². The highest BCUT2D eigenvalue weighted by atomic mass is 16.5. The maximum Gasteiger partial charge on any atom is 0.357 e. The number of nitrogen functional groups attached to an aromatic ring is 1. The zero-order chi connectivity index (χ0) is 16.9. The first kappa shape index (κ1) is 15.6. The number of hydrogen-bond acceptors (Lipinski definition) is 6. The summed E-state index contributed by atoms with van der Waals surface area (Å²) in [6.45, 7) is 1.14. The lowest BCUT2D eigenvalue weighted by atomic mass is 10.3. The van der Waals surface area contributed by atoms with Crippen molar-refractivity contribution in [2.45, 2.75) is 13.0 Å². The number of oxazole rings is 1. The molecule has 1 aromatic carbocycles. The number of aromatic carboxylic acids is 1. The minimum atomic E-state index is -1.13. The molecule has 24 heavy (non-hydrogen) atoms. The van der Waals surface area contributed by atoms with Gasteiger partial charge in [0.1, 0.15) is 12.0 Å². The highest BCUT2D eigenvalue weighted by Gasteiger charge is 2.13. The molecule has 3 N–H and O–H groups in total. The van der Waals surface area contributed by atoms with Crippen LogP contribution in [-0.4, -0.2) is 32.4 Å². The van der Waals surface area contributed by atoms with Gasteiger partial charge in [-0.3, -0.25) is 4.68 Å². The maximum atomic E-state index is 10.8. The van der Waals surface area contributed by atoms with Gasteiger partial charge in [-0.2, -0.15) is 5.10 Å². The van der Waals surface area contributed by atoms with Crippen LogP contribution in [0.1, 0.15) is 16.9 Å². The van der Waals surface area contributed by atoms with E-state index in [0.29, 0.717) is 30.2 Å². The van der Waals surface area contributed by atoms with Crippen LogP contribution in [0.3, 0.4) is 0 Å². The van der Waals surface area contributed by atoms with Crippen LogP contribution in [0, 0.1) is 0 Å². The van der Waals surface area contributed by atoms with Gasteiger partial charge in [-0.25, -0.2) is 9.78 Å². The number of anilines is 1. The largest absolute Gasteiger partial charge is 0.491 e. The molecule has 0 amide bonds. The van der Waals surface area contributed by atoms with E-state index in [9.17, 15) is 4.79 Å². The number of nitrogens with two attached hydrogens (primary N) is 1. The number of carbonyl (C=O) groups is 1. The van der Waals surface area contributed by atoms with E-state index >= 15 is 0 Å². The minimum Gasteiger partial charge on any atom is -0.491 e. The average Bonchev–Trinajstić information content (AvgIpc) is 3.22. The van der Waals surface area contributed by atoms with Gasteiger partial charge in [-0.15, -0.1) is 0 Å². The van der Waals surface area contributed by atoms with Crippen LogP contribution in [0.25, 0.3) is 11.5 Å². The number of nitrogens with zero attached hydrogens (tertiary/aromatic N) is 3. The Morgan fingerprint density at radius 1 is 1.38 bits per heavy atom. The molecule has 124 valence electrons. The first-order valence-electron chi connectivity index (χ1n) is 7.32. The Balaban J connectivity index is 1.52. The Morgan fingerprint density at radius 2 is 2.21 bits per heavy atom. The highest BCUT2D eigenvalue weighted by molar-refractivity contribution is 5.85. The van der Waals surface area contributed by atoms with E-state index in [2.05, 4.69) is 10.1 Å². The lowest BCUT2D eigenvalue weighted by molar-refractivity contribution is 0.0690.